The number of amides is 1. The van der Waals surface area contributed by atoms with Crippen LogP contribution in [0.5, 0.6) is 0 Å². The van der Waals surface area contributed by atoms with E-state index in [1.165, 1.54) is 0 Å². The van der Waals surface area contributed by atoms with Gasteiger partial charge in [-0.15, -0.1) is 0 Å². The Labute approximate surface area is 101 Å². The van der Waals surface area contributed by atoms with Gasteiger partial charge in [0.2, 0.25) is 5.91 Å². The molecule has 0 bridgehead atoms. The molecule has 1 heterocycles. The molecule has 0 radical (unpaired) electrons. The third kappa shape index (κ3) is 3.81. The molecular formula is C12H18N4O. The fourth-order valence-electron chi connectivity index (χ4n) is 1.83. The number of carbonyl (C=O) groups excluding carboxylic acids is 1. The summed E-state index contributed by atoms with van der Waals surface area (Å²) in [5.74, 6) is 5.67. The number of benzene rings is 1. The van der Waals surface area contributed by atoms with Crippen molar-refractivity contribution in [2.75, 3.05) is 26.2 Å². The van der Waals surface area contributed by atoms with Gasteiger partial charge in [0.15, 0.2) is 0 Å². The quantitative estimate of drug-likeness (QED) is 0.708. The minimum atomic E-state index is 0.0293. The minimum Gasteiger partial charge on any atom is -0.289 e. The molecule has 1 aliphatic rings. The normalized spacial score (nSPS) is 17.9. The lowest BCUT2D eigenvalue weighted by atomic mass is 10.1. The highest BCUT2D eigenvalue weighted by Crippen LogP contribution is 2.00. The first-order valence-corrected chi connectivity index (χ1v) is 5.82. The van der Waals surface area contributed by atoms with Crippen LogP contribution in [0.3, 0.4) is 0 Å². The standard InChI is InChI=1S/C12H18N4O/c13-15-6-8-16(9-7-15)14-12(17)10-11-4-2-1-3-5-11/h1-5H,6-10,13H2,(H,14,17). The molecule has 3 N–H and O–H groups in total. The maximum Gasteiger partial charge on any atom is 0.238 e. The topological polar surface area (TPSA) is 61.6 Å². The third-order valence-electron chi connectivity index (χ3n) is 2.80. The van der Waals surface area contributed by atoms with Crippen LogP contribution in [0, 0.1) is 0 Å². The van der Waals surface area contributed by atoms with E-state index < -0.39 is 0 Å². The predicted molar refractivity (Wildman–Crippen MR) is 65.6 cm³/mol. The second-order valence-electron chi connectivity index (χ2n) is 4.22. The van der Waals surface area contributed by atoms with Crippen LogP contribution in [0.4, 0.5) is 0 Å². The molecule has 0 saturated carbocycles. The molecule has 1 saturated heterocycles. The maximum absolute atomic E-state index is 11.8. The van der Waals surface area contributed by atoms with Gasteiger partial charge in [0.1, 0.15) is 0 Å². The van der Waals surface area contributed by atoms with Gasteiger partial charge in [-0.05, 0) is 5.56 Å². The van der Waals surface area contributed by atoms with Gasteiger partial charge < -0.3 is 0 Å². The van der Waals surface area contributed by atoms with E-state index in [0.717, 1.165) is 31.7 Å². The molecule has 1 amide bonds. The largest absolute Gasteiger partial charge is 0.289 e. The first kappa shape index (κ1) is 12.0. The number of piperazine rings is 1. The van der Waals surface area contributed by atoms with Gasteiger partial charge in [-0.3, -0.25) is 16.1 Å². The molecular weight excluding hydrogens is 216 g/mol. The second kappa shape index (κ2) is 5.77. The molecule has 0 spiro atoms. The second-order valence-corrected chi connectivity index (χ2v) is 4.22. The summed E-state index contributed by atoms with van der Waals surface area (Å²) in [6.45, 7) is 3.12. The average Bonchev–Trinajstić information content (AvgIpc) is 2.33. The molecule has 1 fully saturated rings. The number of hydrogen-bond acceptors (Lipinski definition) is 4. The van der Waals surface area contributed by atoms with Crippen LogP contribution in [-0.2, 0) is 11.2 Å². The Morgan fingerprint density at radius 3 is 2.47 bits per heavy atom. The van der Waals surface area contributed by atoms with E-state index in [2.05, 4.69) is 5.43 Å². The Balaban J connectivity index is 1.78. The predicted octanol–water partition coefficient (Wildman–Crippen LogP) is -0.248. The molecule has 17 heavy (non-hydrogen) atoms. The van der Waals surface area contributed by atoms with E-state index in [1.807, 2.05) is 35.3 Å². The fourth-order valence-corrected chi connectivity index (χ4v) is 1.83. The van der Waals surface area contributed by atoms with Crippen molar-refractivity contribution in [1.29, 1.82) is 0 Å². The van der Waals surface area contributed by atoms with Crippen LogP contribution >= 0.6 is 0 Å². The summed E-state index contributed by atoms with van der Waals surface area (Å²) in [5.41, 5.74) is 3.93. The zero-order valence-corrected chi connectivity index (χ0v) is 9.80. The van der Waals surface area contributed by atoms with Crippen LogP contribution in [0.2, 0.25) is 0 Å². The fraction of sp³-hybridized carbons (Fsp3) is 0.417. The Morgan fingerprint density at radius 2 is 1.82 bits per heavy atom. The average molecular weight is 234 g/mol. The van der Waals surface area contributed by atoms with E-state index in [1.54, 1.807) is 5.01 Å². The monoisotopic (exact) mass is 234 g/mol. The number of nitrogens with zero attached hydrogens (tertiary/aromatic N) is 2. The van der Waals surface area contributed by atoms with Crippen molar-refractivity contribution in [2.24, 2.45) is 5.84 Å². The van der Waals surface area contributed by atoms with Gasteiger partial charge in [0.05, 0.1) is 6.42 Å². The third-order valence-corrected chi connectivity index (χ3v) is 2.80. The molecule has 1 aromatic carbocycles. The molecule has 0 aromatic heterocycles. The van der Waals surface area contributed by atoms with Crippen molar-refractivity contribution in [2.45, 2.75) is 6.42 Å². The number of nitrogens with one attached hydrogen (secondary N) is 1. The lowest BCUT2D eigenvalue weighted by molar-refractivity contribution is -0.126. The van der Waals surface area contributed by atoms with E-state index >= 15 is 0 Å². The van der Waals surface area contributed by atoms with Crippen LogP contribution in [0.25, 0.3) is 0 Å². The zero-order chi connectivity index (χ0) is 12.1. The minimum absolute atomic E-state index is 0.0293. The number of hydrogen-bond donors (Lipinski definition) is 2. The van der Waals surface area contributed by atoms with Crippen molar-refractivity contribution in [3.05, 3.63) is 35.9 Å². The molecule has 2 rings (SSSR count). The van der Waals surface area contributed by atoms with Crippen LogP contribution < -0.4 is 11.3 Å². The summed E-state index contributed by atoms with van der Waals surface area (Å²) in [7, 11) is 0. The summed E-state index contributed by atoms with van der Waals surface area (Å²) in [4.78, 5) is 11.8. The van der Waals surface area contributed by atoms with Gasteiger partial charge in [0.25, 0.3) is 0 Å². The number of nitrogens with two attached hydrogens (primary N) is 1. The molecule has 1 aliphatic heterocycles. The van der Waals surface area contributed by atoms with E-state index in [0.29, 0.717) is 6.42 Å². The molecule has 0 unspecified atom stereocenters. The summed E-state index contributed by atoms with van der Waals surface area (Å²) in [6, 6.07) is 9.74. The Bertz CT molecular complexity index is 360. The molecule has 92 valence electrons. The lowest BCUT2D eigenvalue weighted by Gasteiger charge is -2.31. The van der Waals surface area contributed by atoms with Crippen LogP contribution in [-0.4, -0.2) is 42.1 Å². The van der Waals surface area contributed by atoms with Gasteiger partial charge >= 0.3 is 0 Å². The molecule has 0 aliphatic carbocycles. The van der Waals surface area contributed by atoms with E-state index in [9.17, 15) is 4.79 Å². The highest BCUT2D eigenvalue weighted by atomic mass is 16.2. The van der Waals surface area contributed by atoms with Gasteiger partial charge in [-0.2, -0.15) is 0 Å². The lowest BCUT2D eigenvalue weighted by Crippen LogP contribution is -2.55. The van der Waals surface area contributed by atoms with Crippen LogP contribution in [0.15, 0.2) is 30.3 Å². The van der Waals surface area contributed by atoms with Gasteiger partial charge in [-0.1, -0.05) is 30.3 Å². The molecule has 5 heteroatoms. The molecule has 0 atom stereocenters. The summed E-state index contributed by atoms with van der Waals surface area (Å²) < 4.78 is 0. The van der Waals surface area contributed by atoms with E-state index in [4.69, 9.17) is 5.84 Å². The molecule has 1 aromatic rings. The first-order valence-electron chi connectivity index (χ1n) is 5.82. The van der Waals surface area contributed by atoms with Crippen molar-refractivity contribution in [3.63, 3.8) is 0 Å². The summed E-state index contributed by atoms with van der Waals surface area (Å²) >= 11 is 0. The Kier molecular flexibility index (Phi) is 4.08. The van der Waals surface area contributed by atoms with Crippen molar-refractivity contribution >= 4 is 5.91 Å². The van der Waals surface area contributed by atoms with Crippen molar-refractivity contribution in [3.8, 4) is 0 Å². The Morgan fingerprint density at radius 1 is 1.18 bits per heavy atom. The molecule has 5 nitrogen and oxygen atoms in total. The summed E-state index contributed by atoms with van der Waals surface area (Å²) in [6.07, 6.45) is 0.420. The number of rotatable bonds is 3. The highest BCUT2D eigenvalue weighted by molar-refractivity contribution is 5.78. The number of hydrazine groups is 2. The van der Waals surface area contributed by atoms with Crippen molar-refractivity contribution in [1.82, 2.24) is 15.4 Å². The zero-order valence-electron chi connectivity index (χ0n) is 9.80. The van der Waals surface area contributed by atoms with Gasteiger partial charge in [0, 0.05) is 26.2 Å². The highest BCUT2D eigenvalue weighted by Gasteiger charge is 2.15. The van der Waals surface area contributed by atoms with Crippen LogP contribution in [0.1, 0.15) is 5.56 Å². The maximum atomic E-state index is 11.8. The van der Waals surface area contributed by atoms with Crippen molar-refractivity contribution < 1.29 is 4.79 Å². The SMILES string of the molecule is NN1CCN(NC(=O)Cc2ccccc2)CC1. The van der Waals surface area contributed by atoms with Gasteiger partial charge in [-0.25, -0.2) is 10.0 Å². The number of carbonyl (C=O) groups is 1. The first-order chi connectivity index (χ1) is 8.24. The summed E-state index contributed by atoms with van der Waals surface area (Å²) in [5, 5.41) is 3.69. The Hall–Kier alpha value is -1.43. The smallest absolute Gasteiger partial charge is 0.238 e. The van der Waals surface area contributed by atoms with E-state index in [-0.39, 0.29) is 5.91 Å².